The lowest BCUT2D eigenvalue weighted by molar-refractivity contribution is 0.129. The van der Waals surface area contributed by atoms with E-state index in [4.69, 9.17) is 9.47 Å². The average molecular weight is 317 g/mol. The van der Waals surface area contributed by atoms with Crippen molar-refractivity contribution in [1.29, 1.82) is 0 Å². The van der Waals surface area contributed by atoms with Gasteiger partial charge in [0.1, 0.15) is 0 Å². The van der Waals surface area contributed by atoms with Gasteiger partial charge in [-0.2, -0.15) is 0 Å². The molecule has 1 fully saturated rings. The third-order valence-corrected chi connectivity index (χ3v) is 4.30. The Morgan fingerprint density at radius 3 is 2.74 bits per heavy atom. The van der Waals surface area contributed by atoms with Crippen molar-refractivity contribution in [2.75, 3.05) is 24.8 Å². The number of piperidine rings is 1. The third kappa shape index (κ3) is 2.68. The molecule has 23 heavy (non-hydrogen) atoms. The van der Waals surface area contributed by atoms with Crippen molar-refractivity contribution < 1.29 is 19.0 Å². The molecule has 1 aromatic carbocycles. The molecule has 0 saturated carbocycles. The lowest BCUT2D eigenvalue weighted by atomic mass is 9.87. The topological polar surface area (TPSA) is 67.7 Å². The molecule has 6 nitrogen and oxygen atoms in total. The Hall–Kier alpha value is -2.41. The molecule has 0 bridgehead atoms. The van der Waals surface area contributed by atoms with Gasteiger partial charge in [0.05, 0.1) is 18.5 Å². The van der Waals surface area contributed by atoms with E-state index in [1.807, 2.05) is 23.1 Å². The van der Waals surface area contributed by atoms with E-state index in [0.29, 0.717) is 19.0 Å². The molecule has 120 valence electrons. The van der Waals surface area contributed by atoms with E-state index >= 15 is 0 Å². The van der Waals surface area contributed by atoms with Crippen molar-refractivity contribution in [3.63, 3.8) is 0 Å². The Kier molecular flexibility index (Phi) is 3.49. The number of aliphatic hydroxyl groups is 1. The summed E-state index contributed by atoms with van der Waals surface area (Å²) in [7, 11) is 0. The van der Waals surface area contributed by atoms with Crippen LogP contribution in [-0.2, 0) is 0 Å². The third-order valence-electron chi connectivity index (χ3n) is 4.30. The molecule has 0 unspecified atom stereocenters. The fourth-order valence-electron chi connectivity index (χ4n) is 3.11. The highest BCUT2D eigenvalue weighted by atomic mass is 19.1. The zero-order valence-electron chi connectivity index (χ0n) is 12.4. The number of ether oxygens (including phenoxy) is 2. The molecule has 2 aromatic rings. The maximum absolute atomic E-state index is 12.9. The van der Waals surface area contributed by atoms with Crippen molar-refractivity contribution in [2.24, 2.45) is 0 Å². The maximum Gasteiger partial charge on any atom is 0.231 e. The number of hydrogen-bond acceptors (Lipinski definition) is 6. The van der Waals surface area contributed by atoms with Crippen molar-refractivity contribution in [3.8, 4) is 11.5 Å². The maximum atomic E-state index is 12.9. The van der Waals surface area contributed by atoms with Gasteiger partial charge in [0, 0.05) is 19.0 Å². The first-order valence-corrected chi connectivity index (χ1v) is 7.51. The second-order valence-electron chi connectivity index (χ2n) is 5.72. The lowest BCUT2D eigenvalue weighted by Gasteiger charge is -2.36. The Morgan fingerprint density at radius 1 is 1.17 bits per heavy atom. The summed E-state index contributed by atoms with van der Waals surface area (Å²) in [6.07, 6.45) is 2.47. The number of β-amino-alcohol motifs (C(OH)–C–C–N with tert-alkyl or cyclic N) is 1. The van der Waals surface area contributed by atoms with E-state index < -0.39 is 11.9 Å². The highest BCUT2D eigenvalue weighted by Crippen LogP contribution is 2.37. The van der Waals surface area contributed by atoms with E-state index in [2.05, 4.69) is 9.97 Å². The first kappa shape index (κ1) is 14.2. The lowest BCUT2D eigenvalue weighted by Crippen LogP contribution is -2.43. The minimum Gasteiger partial charge on any atom is -0.454 e. The molecule has 0 amide bonds. The molecule has 2 aliphatic heterocycles. The SMILES string of the molecule is O[C@@H]1CN(c2ncc(F)cn2)CC[C@H]1c1ccc2c(c1)OCO2. The number of hydrogen-bond donors (Lipinski definition) is 1. The summed E-state index contributed by atoms with van der Waals surface area (Å²) in [5.74, 6) is 1.44. The number of aromatic nitrogens is 2. The number of anilines is 1. The summed E-state index contributed by atoms with van der Waals surface area (Å²) in [6.45, 7) is 1.34. The van der Waals surface area contributed by atoms with Crippen LogP contribution in [0, 0.1) is 5.82 Å². The summed E-state index contributed by atoms with van der Waals surface area (Å²) < 4.78 is 23.6. The fraction of sp³-hybridized carbons (Fsp3) is 0.375. The van der Waals surface area contributed by atoms with Crippen LogP contribution in [0.25, 0.3) is 0 Å². The summed E-state index contributed by atoms with van der Waals surface area (Å²) in [6, 6.07) is 5.77. The van der Waals surface area contributed by atoms with Crippen molar-refractivity contribution in [1.82, 2.24) is 9.97 Å². The molecular formula is C16H16FN3O3. The Balaban J connectivity index is 1.50. The van der Waals surface area contributed by atoms with Crippen molar-refractivity contribution in [3.05, 3.63) is 42.0 Å². The molecule has 1 saturated heterocycles. The highest BCUT2D eigenvalue weighted by Gasteiger charge is 2.31. The van der Waals surface area contributed by atoms with Crippen LogP contribution in [0.15, 0.2) is 30.6 Å². The molecule has 2 aliphatic rings. The van der Waals surface area contributed by atoms with Crippen LogP contribution in [0.5, 0.6) is 11.5 Å². The van der Waals surface area contributed by atoms with Crippen LogP contribution in [0.2, 0.25) is 0 Å². The molecule has 1 aromatic heterocycles. The zero-order chi connectivity index (χ0) is 15.8. The predicted octanol–water partition coefficient (Wildman–Crippen LogP) is 1.70. The molecule has 2 atom stereocenters. The monoisotopic (exact) mass is 317 g/mol. The van der Waals surface area contributed by atoms with Crippen LogP contribution < -0.4 is 14.4 Å². The van der Waals surface area contributed by atoms with Gasteiger partial charge in [-0.05, 0) is 24.1 Å². The fourth-order valence-corrected chi connectivity index (χ4v) is 3.11. The molecule has 1 N–H and O–H groups in total. The number of fused-ring (bicyclic) bond motifs is 1. The summed E-state index contributed by atoms with van der Waals surface area (Å²) in [5.41, 5.74) is 1.03. The Bertz CT molecular complexity index is 710. The molecule has 3 heterocycles. The van der Waals surface area contributed by atoms with Crippen LogP contribution in [-0.4, -0.2) is 41.1 Å². The second kappa shape index (κ2) is 5.66. The summed E-state index contributed by atoms with van der Waals surface area (Å²) in [5, 5.41) is 10.5. The minimum absolute atomic E-state index is 0.0150. The zero-order valence-corrected chi connectivity index (χ0v) is 12.4. The number of benzene rings is 1. The first-order valence-electron chi connectivity index (χ1n) is 7.51. The van der Waals surface area contributed by atoms with Crippen LogP contribution in [0.3, 0.4) is 0 Å². The molecule has 0 aliphatic carbocycles. The quantitative estimate of drug-likeness (QED) is 0.909. The number of aliphatic hydroxyl groups excluding tert-OH is 1. The Morgan fingerprint density at radius 2 is 1.96 bits per heavy atom. The van der Waals surface area contributed by atoms with Gasteiger partial charge in [-0.1, -0.05) is 6.07 Å². The average Bonchev–Trinajstić information content (AvgIpc) is 3.03. The van der Waals surface area contributed by atoms with Crippen molar-refractivity contribution in [2.45, 2.75) is 18.4 Å². The molecular weight excluding hydrogens is 301 g/mol. The minimum atomic E-state index is -0.558. The van der Waals surface area contributed by atoms with E-state index in [0.717, 1.165) is 35.9 Å². The van der Waals surface area contributed by atoms with E-state index in [9.17, 15) is 9.50 Å². The number of nitrogens with zero attached hydrogens (tertiary/aromatic N) is 3. The molecule has 4 rings (SSSR count). The van der Waals surface area contributed by atoms with Crippen molar-refractivity contribution >= 4 is 5.95 Å². The Labute approximate surface area is 132 Å². The van der Waals surface area contributed by atoms with E-state index in [1.54, 1.807) is 0 Å². The summed E-state index contributed by atoms with van der Waals surface area (Å²) in [4.78, 5) is 9.82. The molecule has 7 heteroatoms. The van der Waals surface area contributed by atoms with Gasteiger partial charge >= 0.3 is 0 Å². The number of rotatable bonds is 2. The molecule has 0 radical (unpaired) electrons. The standard InChI is InChI=1S/C16H16FN3O3/c17-11-6-18-16(19-7-11)20-4-3-12(13(21)8-20)10-1-2-14-15(5-10)23-9-22-14/h1-2,5-7,12-13,21H,3-4,8-9H2/t12-,13+/m0/s1. The van der Waals surface area contributed by atoms with E-state index in [-0.39, 0.29) is 12.7 Å². The van der Waals surface area contributed by atoms with Crippen LogP contribution in [0.1, 0.15) is 17.9 Å². The first-order chi connectivity index (χ1) is 11.2. The molecule has 0 spiro atoms. The van der Waals surface area contributed by atoms with Gasteiger partial charge in [0.2, 0.25) is 12.7 Å². The van der Waals surface area contributed by atoms with Gasteiger partial charge in [-0.25, -0.2) is 14.4 Å². The predicted molar refractivity (Wildman–Crippen MR) is 80.1 cm³/mol. The van der Waals surface area contributed by atoms with E-state index in [1.165, 1.54) is 0 Å². The normalized spacial score (nSPS) is 23.1. The van der Waals surface area contributed by atoms with Gasteiger partial charge in [-0.3, -0.25) is 0 Å². The van der Waals surface area contributed by atoms with Gasteiger partial charge in [-0.15, -0.1) is 0 Å². The van der Waals surface area contributed by atoms with Crippen LogP contribution in [0.4, 0.5) is 10.3 Å². The number of halogens is 1. The van der Waals surface area contributed by atoms with Gasteiger partial charge in [0.25, 0.3) is 0 Å². The second-order valence-corrected chi connectivity index (χ2v) is 5.72. The van der Waals surface area contributed by atoms with Gasteiger partial charge < -0.3 is 19.5 Å². The van der Waals surface area contributed by atoms with Crippen LogP contribution >= 0.6 is 0 Å². The summed E-state index contributed by atoms with van der Waals surface area (Å²) >= 11 is 0. The van der Waals surface area contributed by atoms with Gasteiger partial charge in [0.15, 0.2) is 17.3 Å². The largest absolute Gasteiger partial charge is 0.454 e. The highest BCUT2D eigenvalue weighted by molar-refractivity contribution is 5.46. The smallest absolute Gasteiger partial charge is 0.231 e.